The van der Waals surface area contributed by atoms with Crippen molar-refractivity contribution in [3.05, 3.63) is 52.1 Å². The van der Waals surface area contributed by atoms with Crippen LogP contribution >= 0.6 is 0 Å². The van der Waals surface area contributed by atoms with E-state index < -0.39 is 20.6 Å². The van der Waals surface area contributed by atoms with Gasteiger partial charge >= 0.3 is 0 Å². The average Bonchev–Trinajstić information content (AvgIpc) is 2.73. The monoisotopic (exact) mass is 450 g/mol. The number of nitro groups is 1. The number of hydrogen-bond acceptors (Lipinski definition) is 8. The number of nitro benzene ring substituents is 1. The molecule has 0 radical (unpaired) electrons. The molecule has 0 aliphatic heterocycles. The third-order valence-corrected chi connectivity index (χ3v) is 5.03. The van der Waals surface area contributed by atoms with Gasteiger partial charge in [-0.1, -0.05) is 13.8 Å². The van der Waals surface area contributed by atoms with E-state index in [4.69, 9.17) is 14.6 Å². The molecular weight excluding hydrogens is 424 g/mol. The Morgan fingerprint density at radius 1 is 1.10 bits per heavy atom. The lowest BCUT2D eigenvalue weighted by Gasteiger charge is -2.13. The van der Waals surface area contributed by atoms with Gasteiger partial charge in [-0.25, -0.2) is 13.6 Å². The zero-order chi connectivity index (χ0) is 23.0. The predicted octanol–water partition coefficient (Wildman–Crippen LogP) is 3.66. The lowest BCUT2D eigenvalue weighted by Crippen LogP contribution is -2.12. The number of primary sulfonamides is 1. The molecule has 0 atom stereocenters. The van der Waals surface area contributed by atoms with Crippen LogP contribution in [-0.4, -0.2) is 32.3 Å². The molecule has 0 fully saturated rings. The van der Waals surface area contributed by atoms with Crippen molar-refractivity contribution in [1.29, 1.82) is 0 Å². The Balaban J connectivity index is 2.31. The molecule has 0 saturated heterocycles. The first-order valence-corrected chi connectivity index (χ1v) is 11.2. The van der Waals surface area contributed by atoms with Gasteiger partial charge in [-0.2, -0.15) is 5.10 Å². The molecule has 3 N–H and O–H groups in total. The second-order valence-electron chi connectivity index (χ2n) is 6.65. The Hall–Kier alpha value is -3.18. The van der Waals surface area contributed by atoms with Crippen molar-refractivity contribution in [3.8, 4) is 11.5 Å². The average molecular weight is 451 g/mol. The minimum absolute atomic E-state index is 0.0297. The zero-order valence-electron chi connectivity index (χ0n) is 17.6. The molecule has 0 heterocycles. The van der Waals surface area contributed by atoms with E-state index in [2.05, 4.69) is 10.5 Å². The van der Waals surface area contributed by atoms with E-state index in [1.54, 1.807) is 19.1 Å². The third-order valence-electron chi connectivity index (χ3n) is 4.12. The number of sulfonamides is 1. The molecule has 10 nitrogen and oxygen atoms in total. The van der Waals surface area contributed by atoms with Gasteiger partial charge in [0.1, 0.15) is 5.69 Å². The van der Waals surface area contributed by atoms with Crippen LogP contribution < -0.4 is 20.0 Å². The SMILES string of the molecule is CCCOc1ccc(/C(C)=N/Nc2ccc(S(N)(=O)=O)cc2[N+](=O)[O-])cc1OCCC. The van der Waals surface area contributed by atoms with Gasteiger partial charge in [0.05, 0.1) is 28.7 Å². The van der Waals surface area contributed by atoms with E-state index in [1.807, 2.05) is 19.9 Å². The number of nitrogens with two attached hydrogens (primary N) is 1. The number of hydrazone groups is 1. The molecule has 31 heavy (non-hydrogen) atoms. The number of nitrogens with zero attached hydrogens (tertiary/aromatic N) is 2. The van der Waals surface area contributed by atoms with Crippen LogP contribution in [0.1, 0.15) is 39.2 Å². The first-order valence-electron chi connectivity index (χ1n) is 9.69. The van der Waals surface area contributed by atoms with Gasteiger partial charge in [0.15, 0.2) is 11.5 Å². The Bertz CT molecular complexity index is 1070. The summed E-state index contributed by atoms with van der Waals surface area (Å²) in [5.41, 5.74) is 3.45. The fourth-order valence-electron chi connectivity index (χ4n) is 2.53. The second-order valence-corrected chi connectivity index (χ2v) is 8.21. The van der Waals surface area contributed by atoms with Gasteiger partial charge in [-0.15, -0.1) is 0 Å². The molecule has 2 aromatic carbocycles. The number of hydrogen-bond donors (Lipinski definition) is 2. The Morgan fingerprint density at radius 2 is 1.74 bits per heavy atom. The van der Waals surface area contributed by atoms with Crippen LogP contribution in [0, 0.1) is 10.1 Å². The highest BCUT2D eigenvalue weighted by atomic mass is 32.2. The number of nitrogens with one attached hydrogen (secondary N) is 1. The fourth-order valence-corrected chi connectivity index (χ4v) is 3.07. The standard InChI is InChI=1S/C20H26N4O6S/c1-4-10-29-19-9-6-15(12-20(19)30-11-5-2)14(3)22-23-17-8-7-16(31(21,27)28)13-18(17)24(25)26/h6-9,12-13,23H,4-5,10-11H2,1-3H3,(H2,21,27,28)/b22-14+. The first kappa shape index (κ1) is 24.1. The van der Waals surface area contributed by atoms with Crippen molar-refractivity contribution in [1.82, 2.24) is 0 Å². The van der Waals surface area contributed by atoms with Crippen molar-refractivity contribution in [2.45, 2.75) is 38.5 Å². The van der Waals surface area contributed by atoms with E-state index in [0.29, 0.717) is 30.4 Å². The molecule has 0 saturated carbocycles. The summed E-state index contributed by atoms with van der Waals surface area (Å²) in [4.78, 5) is 10.3. The number of ether oxygens (including phenoxy) is 2. The first-order chi connectivity index (χ1) is 14.7. The van der Waals surface area contributed by atoms with E-state index in [0.717, 1.165) is 24.5 Å². The Kier molecular flexibility index (Phi) is 8.34. The number of anilines is 1. The van der Waals surface area contributed by atoms with Crippen LogP contribution in [0.4, 0.5) is 11.4 Å². The maximum atomic E-state index is 11.5. The van der Waals surface area contributed by atoms with Crippen molar-refractivity contribution < 1.29 is 22.8 Å². The summed E-state index contributed by atoms with van der Waals surface area (Å²) in [6.45, 7) is 6.83. The lowest BCUT2D eigenvalue weighted by molar-refractivity contribution is -0.384. The van der Waals surface area contributed by atoms with Gasteiger partial charge in [-0.3, -0.25) is 15.5 Å². The molecule has 0 amide bonds. The van der Waals surface area contributed by atoms with Gasteiger partial charge in [0.2, 0.25) is 10.0 Å². The van der Waals surface area contributed by atoms with Crippen LogP contribution in [0.15, 0.2) is 46.4 Å². The molecular formula is C20H26N4O6S. The Morgan fingerprint density at radius 3 is 2.32 bits per heavy atom. The summed E-state index contributed by atoms with van der Waals surface area (Å²) in [6, 6.07) is 8.69. The summed E-state index contributed by atoms with van der Waals surface area (Å²) < 4.78 is 34.4. The third kappa shape index (κ3) is 6.66. The van der Waals surface area contributed by atoms with E-state index >= 15 is 0 Å². The van der Waals surface area contributed by atoms with E-state index in [9.17, 15) is 18.5 Å². The summed E-state index contributed by atoms with van der Waals surface area (Å²) in [7, 11) is -4.07. The summed E-state index contributed by atoms with van der Waals surface area (Å²) in [6.07, 6.45) is 1.70. The lowest BCUT2D eigenvalue weighted by atomic mass is 10.1. The van der Waals surface area contributed by atoms with Crippen molar-refractivity contribution >= 4 is 27.1 Å². The van der Waals surface area contributed by atoms with E-state index in [-0.39, 0.29) is 10.6 Å². The number of benzene rings is 2. The van der Waals surface area contributed by atoms with Gasteiger partial charge in [-0.05, 0) is 50.1 Å². The minimum Gasteiger partial charge on any atom is -0.490 e. The van der Waals surface area contributed by atoms with Crippen LogP contribution in [0.25, 0.3) is 0 Å². The molecule has 0 bridgehead atoms. The van der Waals surface area contributed by atoms with Gasteiger partial charge < -0.3 is 9.47 Å². The molecule has 0 aromatic heterocycles. The molecule has 0 aliphatic rings. The van der Waals surface area contributed by atoms with Crippen LogP contribution in [0.3, 0.4) is 0 Å². The topological polar surface area (TPSA) is 146 Å². The maximum absolute atomic E-state index is 11.5. The largest absolute Gasteiger partial charge is 0.490 e. The van der Waals surface area contributed by atoms with Crippen LogP contribution in [0.5, 0.6) is 11.5 Å². The summed E-state index contributed by atoms with van der Waals surface area (Å²) in [5.74, 6) is 1.22. The van der Waals surface area contributed by atoms with E-state index in [1.165, 1.54) is 12.1 Å². The normalized spacial score (nSPS) is 11.8. The van der Waals surface area contributed by atoms with Gasteiger partial charge in [0.25, 0.3) is 5.69 Å². The maximum Gasteiger partial charge on any atom is 0.295 e. The quantitative estimate of drug-likeness (QED) is 0.302. The highest BCUT2D eigenvalue weighted by molar-refractivity contribution is 7.89. The fraction of sp³-hybridized carbons (Fsp3) is 0.350. The molecule has 168 valence electrons. The highest BCUT2D eigenvalue weighted by Gasteiger charge is 2.19. The summed E-state index contributed by atoms with van der Waals surface area (Å²) >= 11 is 0. The van der Waals surface area contributed by atoms with Crippen molar-refractivity contribution in [2.75, 3.05) is 18.6 Å². The van der Waals surface area contributed by atoms with Crippen LogP contribution in [0.2, 0.25) is 0 Å². The molecule has 11 heteroatoms. The molecule has 2 rings (SSSR count). The van der Waals surface area contributed by atoms with Crippen molar-refractivity contribution in [3.63, 3.8) is 0 Å². The minimum atomic E-state index is -4.07. The molecule has 2 aromatic rings. The molecule has 0 unspecified atom stereocenters. The van der Waals surface area contributed by atoms with Gasteiger partial charge in [0, 0.05) is 11.6 Å². The predicted molar refractivity (Wildman–Crippen MR) is 118 cm³/mol. The summed E-state index contributed by atoms with van der Waals surface area (Å²) in [5, 5.41) is 20.6. The van der Waals surface area contributed by atoms with Crippen molar-refractivity contribution in [2.24, 2.45) is 10.2 Å². The number of rotatable bonds is 11. The molecule has 0 aliphatic carbocycles. The Labute approximate surface area is 181 Å². The smallest absolute Gasteiger partial charge is 0.295 e. The highest BCUT2D eigenvalue weighted by Crippen LogP contribution is 2.30. The second kappa shape index (κ2) is 10.7. The van der Waals surface area contributed by atoms with Crippen LogP contribution in [-0.2, 0) is 10.0 Å². The molecule has 0 spiro atoms. The zero-order valence-corrected chi connectivity index (χ0v) is 18.4.